The highest BCUT2D eigenvalue weighted by Crippen LogP contribution is 2.33. The Labute approximate surface area is 152 Å². The van der Waals surface area contributed by atoms with Crippen molar-refractivity contribution in [3.63, 3.8) is 0 Å². The predicted molar refractivity (Wildman–Crippen MR) is 98.1 cm³/mol. The number of nitro groups is 1. The molecular weight excluding hydrogens is 358 g/mol. The van der Waals surface area contributed by atoms with Crippen LogP contribution >= 0.6 is 0 Å². The molecule has 0 unspecified atom stereocenters. The minimum atomic E-state index is -3.84. The van der Waals surface area contributed by atoms with Crippen molar-refractivity contribution in [3.05, 3.63) is 58.1 Å². The number of aryl methyl sites for hydroxylation is 1. The van der Waals surface area contributed by atoms with E-state index in [1.807, 2.05) is 38.1 Å². The van der Waals surface area contributed by atoms with Gasteiger partial charge in [0.25, 0.3) is 0 Å². The third-order valence-electron chi connectivity index (χ3n) is 3.54. The van der Waals surface area contributed by atoms with E-state index in [9.17, 15) is 18.5 Å². The quantitative estimate of drug-likeness (QED) is 0.559. The number of sulfonamides is 1. The molecule has 2 rings (SSSR count). The molecule has 9 heteroatoms. The third-order valence-corrected chi connectivity index (χ3v) is 5.00. The van der Waals surface area contributed by atoms with Crippen LogP contribution in [-0.2, 0) is 10.0 Å². The fourth-order valence-corrected chi connectivity index (χ4v) is 3.15. The van der Waals surface area contributed by atoms with E-state index >= 15 is 0 Å². The third kappa shape index (κ3) is 5.25. The van der Waals surface area contributed by atoms with Crippen LogP contribution in [0.2, 0.25) is 0 Å². The van der Waals surface area contributed by atoms with E-state index in [-0.39, 0.29) is 17.2 Å². The molecule has 1 N–H and O–H groups in total. The number of likely N-dealkylation sites (N-methyl/N-ethyl adjacent to an activating group) is 1. The maximum absolute atomic E-state index is 12.3. The summed E-state index contributed by atoms with van der Waals surface area (Å²) in [6.45, 7) is 2.62. The molecule has 0 aliphatic heterocycles. The van der Waals surface area contributed by atoms with E-state index in [1.54, 1.807) is 12.1 Å². The van der Waals surface area contributed by atoms with E-state index < -0.39 is 20.6 Å². The van der Waals surface area contributed by atoms with Crippen LogP contribution in [0.1, 0.15) is 5.56 Å². The molecule has 0 aromatic heterocycles. The van der Waals surface area contributed by atoms with Gasteiger partial charge in [-0.05, 0) is 45.3 Å². The van der Waals surface area contributed by atoms with Gasteiger partial charge in [-0.15, -0.1) is 0 Å². The molecule has 140 valence electrons. The van der Waals surface area contributed by atoms with E-state index in [1.165, 1.54) is 12.1 Å². The highest BCUT2D eigenvalue weighted by molar-refractivity contribution is 7.89. The van der Waals surface area contributed by atoms with Crippen LogP contribution in [0, 0.1) is 17.0 Å². The lowest BCUT2D eigenvalue weighted by molar-refractivity contribution is -0.385. The Balaban J connectivity index is 2.27. The molecule has 2 aromatic carbocycles. The summed E-state index contributed by atoms with van der Waals surface area (Å²) in [4.78, 5) is 12.3. The zero-order valence-electron chi connectivity index (χ0n) is 14.8. The first-order valence-corrected chi connectivity index (χ1v) is 9.35. The zero-order chi connectivity index (χ0) is 19.3. The van der Waals surface area contributed by atoms with Gasteiger partial charge in [0, 0.05) is 19.2 Å². The standard InChI is InChI=1S/C17H21N3O5S/c1-13-4-6-14(7-5-13)25-17-9-8-15(12-16(17)20(21)22)26(23,24)18-10-11-19(2)3/h4-9,12,18H,10-11H2,1-3H3. The molecule has 0 amide bonds. The summed E-state index contributed by atoms with van der Waals surface area (Å²) in [7, 11) is -0.212. The van der Waals surface area contributed by atoms with Crippen LogP contribution in [0.4, 0.5) is 5.69 Å². The Morgan fingerprint density at radius 1 is 1.15 bits per heavy atom. The summed E-state index contributed by atoms with van der Waals surface area (Å²) in [5.74, 6) is 0.407. The zero-order valence-corrected chi connectivity index (χ0v) is 15.6. The molecule has 0 aliphatic carbocycles. The lowest BCUT2D eigenvalue weighted by atomic mass is 10.2. The number of hydrogen-bond acceptors (Lipinski definition) is 6. The van der Waals surface area contributed by atoms with Gasteiger partial charge in [0.05, 0.1) is 9.82 Å². The molecule has 0 radical (unpaired) electrons. The Morgan fingerprint density at radius 3 is 2.38 bits per heavy atom. The Bertz CT molecular complexity index is 880. The van der Waals surface area contributed by atoms with Crippen molar-refractivity contribution in [2.24, 2.45) is 0 Å². The topological polar surface area (TPSA) is 102 Å². The first-order valence-electron chi connectivity index (χ1n) is 7.86. The van der Waals surface area contributed by atoms with E-state index in [0.717, 1.165) is 11.6 Å². The first kappa shape index (κ1) is 19.8. The van der Waals surface area contributed by atoms with Crippen molar-refractivity contribution in [3.8, 4) is 11.5 Å². The number of nitrogens with zero attached hydrogens (tertiary/aromatic N) is 2. The predicted octanol–water partition coefficient (Wildman–Crippen LogP) is 2.54. The van der Waals surface area contributed by atoms with E-state index in [0.29, 0.717) is 12.3 Å². The van der Waals surface area contributed by atoms with E-state index in [2.05, 4.69) is 4.72 Å². The number of hydrogen-bond donors (Lipinski definition) is 1. The molecule has 0 fully saturated rings. The van der Waals surface area contributed by atoms with Crippen LogP contribution in [0.15, 0.2) is 47.4 Å². The van der Waals surface area contributed by atoms with Crippen molar-refractivity contribution >= 4 is 15.7 Å². The molecule has 0 bridgehead atoms. The molecule has 26 heavy (non-hydrogen) atoms. The maximum Gasteiger partial charge on any atom is 0.312 e. The monoisotopic (exact) mass is 379 g/mol. The van der Waals surface area contributed by atoms with Gasteiger partial charge in [0.1, 0.15) is 5.75 Å². The van der Waals surface area contributed by atoms with Crippen molar-refractivity contribution in [1.82, 2.24) is 9.62 Å². The lowest BCUT2D eigenvalue weighted by Crippen LogP contribution is -2.31. The highest BCUT2D eigenvalue weighted by atomic mass is 32.2. The largest absolute Gasteiger partial charge is 0.450 e. The minimum Gasteiger partial charge on any atom is -0.450 e. The number of ether oxygens (including phenoxy) is 1. The van der Waals surface area contributed by atoms with E-state index in [4.69, 9.17) is 4.74 Å². The molecule has 0 atom stereocenters. The Morgan fingerprint density at radius 2 is 1.81 bits per heavy atom. The van der Waals surface area contributed by atoms with Crippen LogP contribution in [0.25, 0.3) is 0 Å². The smallest absolute Gasteiger partial charge is 0.312 e. The number of nitrogens with one attached hydrogen (secondary N) is 1. The van der Waals surface area contributed by atoms with Gasteiger partial charge in [0.15, 0.2) is 0 Å². The second kappa shape index (κ2) is 8.26. The Kier molecular flexibility index (Phi) is 6.30. The number of rotatable bonds is 8. The molecular formula is C17H21N3O5S. The molecule has 8 nitrogen and oxygen atoms in total. The maximum atomic E-state index is 12.3. The summed E-state index contributed by atoms with van der Waals surface area (Å²) in [6.07, 6.45) is 0. The number of nitro benzene ring substituents is 1. The average Bonchev–Trinajstić information content (AvgIpc) is 2.56. The van der Waals surface area contributed by atoms with Crippen LogP contribution in [0.3, 0.4) is 0 Å². The summed E-state index contributed by atoms with van der Waals surface area (Å²) >= 11 is 0. The van der Waals surface area contributed by atoms with Gasteiger partial charge in [-0.25, -0.2) is 13.1 Å². The van der Waals surface area contributed by atoms with Gasteiger partial charge < -0.3 is 9.64 Å². The fraction of sp³-hybridized carbons (Fsp3) is 0.294. The first-order chi connectivity index (χ1) is 12.2. The van der Waals surface area contributed by atoms with Crippen molar-refractivity contribution in [1.29, 1.82) is 0 Å². The van der Waals surface area contributed by atoms with Crippen LogP contribution < -0.4 is 9.46 Å². The molecule has 0 saturated carbocycles. The number of benzene rings is 2. The summed E-state index contributed by atoms with van der Waals surface area (Å²) in [5.41, 5.74) is 0.609. The van der Waals surface area contributed by atoms with Gasteiger partial charge in [0.2, 0.25) is 15.8 Å². The summed E-state index contributed by atoms with van der Waals surface area (Å²) < 4.78 is 32.6. The molecule has 0 heterocycles. The van der Waals surface area contributed by atoms with Crippen LogP contribution in [0.5, 0.6) is 11.5 Å². The minimum absolute atomic E-state index is 0.0221. The van der Waals surface area contributed by atoms with Gasteiger partial charge in [-0.2, -0.15) is 0 Å². The van der Waals surface area contributed by atoms with Gasteiger partial charge in [-0.1, -0.05) is 17.7 Å². The van der Waals surface area contributed by atoms with Crippen LogP contribution in [-0.4, -0.2) is 45.4 Å². The second-order valence-corrected chi connectivity index (χ2v) is 7.77. The SMILES string of the molecule is Cc1ccc(Oc2ccc(S(=O)(=O)NCCN(C)C)cc2[N+](=O)[O-])cc1. The van der Waals surface area contributed by atoms with Crippen molar-refractivity contribution in [2.75, 3.05) is 27.2 Å². The molecule has 2 aromatic rings. The fourth-order valence-electron chi connectivity index (χ4n) is 2.11. The molecule has 0 aliphatic rings. The average molecular weight is 379 g/mol. The normalized spacial score (nSPS) is 11.5. The Hall–Kier alpha value is -2.49. The highest BCUT2D eigenvalue weighted by Gasteiger charge is 2.22. The van der Waals surface area contributed by atoms with Crippen molar-refractivity contribution < 1.29 is 18.1 Å². The van der Waals surface area contributed by atoms with Gasteiger partial charge in [-0.3, -0.25) is 10.1 Å². The molecule has 0 saturated heterocycles. The summed E-state index contributed by atoms with van der Waals surface area (Å²) in [6, 6.07) is 10.6. The van der Waals surface area contributed by atoms with Gasteiger partial charge >= 0.3 is 5.69 Å². The summed E-state index contributed by atoms with van der Waals surface area (Å²) in [5, 5.41) is 11.4. The molecule has 0 spiro atoms. The van der Waals surface area contributed by atoms with Crippen molar-refractivity contribution in [2.45, 2.75) is 11.8 Å². The second-order valence-electron chi connectivity index (χ2n) is 6.00. The lowest BCUT2D eigenvalue weighted by Gasteiger charge is -2.12.